The molecule has 0 aliphatic rings. The Bertz CT molecular complexity index is 1520. The van der Waals surface area contributed by atoms with Gasteiger partial charge in [-0.05, 0) is 80.8 Å². The fourth-order valence-electron chi connectivity index (χ4n) is 4.38. The maximum Gasteiger partial charge on any atom is 0.264 e. The van der Waals surface area contributed by atoms with Gasteiger partial charge in [0, 0.05) is 27.7 Å². The first-order valence-corrected chi connectivity index (χ1v) is 16.5. The number of hydrogen-bond acceptors (Lipinski definition) is 5. The summed E-state index contributed by atoms with van der Waals surface area (Å²) in [6.45, 7) is 6.98. The van der Waals surface area contributed by atoms with E-state index < -0.39 is 28.5 Å². The minimum atomic E-state index is -4.30. The second kappa shape index (κ2) is 15.7. The molecule has 1 N–H and O–H groups in total. The van der Waals surface area contributed by atoms with Crippen LogP contribution >= 0.6 is 34.8 Å². The van der Waals surface area contributed by atoms with Gasteiger partial charge < -0.3 is 15.0 Å². The van der Waals surface area contributed by atoms with Crippen LogP contribution < -0.4 is 14.4 Å². The molecule has 0 heterocycles. The number of rotatable bonds is 14. The van der Waals surface area contributed by atoms with E-state index in [0.29, 0.717) is 27.1 Å². The van der Waals surface area contributed by atoms with Gasteiger partial charge in [0.25, 0.3) is 10.0 Å². The van der Waals surface area contributed by atoms with Gasteiger partial charge in [-0.1, -0.05) is 66.8 Å². The van der Waals surface area contributed by atoms with E-state index >= 15 is 0 Å². The van der Waals surface area contributed by atoms with Crippen LogP contribution in [0.25, 0.3) is 0 Å². The molecule has 2 atom stereocenters. The van der Waals surface area contributed by atoms with E-state index in [4.69, 9.17) is 39.5 Å². The zero-order valence-electron chi connectivity index (χ0n) is 24.5. The minimum absolute atomic E-state index is 0.0524. The smallest absolute Gasteiger partial charge is 0.264 e. The van der Waals surface area contributed by atoms with Gasteiger partial charge in [0.15, 0.2) is 0 Å². The van der Waals surface area contributed by atoms with E-state index in [9.17, 15) is 18.0 Å². The molecule has 0 spiro atoms. The van der Waals surface area contributed by atoms with Crippen molar-refractivity contribution in [2.75, 3.05) is 17.5 Å². The maximum absolute atomic E-state index is 14.3. The van der Waals surface area contributed by atoms with Crippen LogP contribution in [-0.2, 0) is 26.2 Å². The summed E-state index contributed by atoms with van der Waals surface area (Å²) in [4.78, 5) is 29.0. The van der Waals surface area contributed by atoms with Gasteiger partial charge in [-0.25, -0.2) is 8.42 Å². The van der Waals surface area contributed by atoms with Crippen LogP contribution in [0.2, 0.25) is 15.1 Å². The van der Waals surface area contributed by atoms with E-state index in [0.717, 1.165) is 4.31 Å². The number of para-hydroxylation sites is 2. The SMILES string of the molecule is CCOc1ccccc1N(CC(=O)N(Cc1ccc(Cl)cc1Cl)[C@H](CC)C(=O)N[C@H](C)CC)S(=O)(=O)c1ccc(Cl)cc1. The van der Waals surface area contributed by atoms with Crippen molar-refractivity contribution < 1.29 is 22.7 Å². The molecule has 0 fully saturated rings. The van der Waals surface area contributed by atoms with Crippen molar-refractivity contribution >= 4 is 62.3 Å². The normalized spacial score (nSPS) is 12.7. The molecule has 3 rings (SSSR count). The highest BCUT2D eigenvalue weighted by molar-refractivity contribution is 7.92. The number of nitrogens with one attached hydrogen (secondary N) is 1. The molecule has 0 radical (unpaired) electrons. The Morgan fingerprint density at radius 2 is 1.56 bits per heavy atom. The molecule has 0 saturated heterocycles. The highest BCUT2D eigenvalue weighted by Crippen LogP contribution is 2.33. The zero-order chi connectivity index (χ0) is 31.7. The van der Waals surface area contributed by atoms with Crippen LogP contribution in [0.15, 0.2) is 71.6 Å². The lowest BCUT2D eigenvalue weighted by atomic mass is 10.1. The number of nitrogens with zero attached hydrogens (tertiary/aromatic N) is 2. The van der Waals surface area contributed by atoms with Gasteiger partial charge in [0.05, 0.1) is 17.2 Å². The Morgan fingerprint density at radius 1 is 0.907 bits per heavy atom. The predicted octanol–water partition coefficient (Wildman–Crippen LogP) is 6.96. The van der Waals surface area contributed by atoms with E-state index in [1.807, 2.05) is 13.8 Å². The molecule has 0 unspecified atom stereocenters. The van der Waals surface area contributed by atoms with Crippen LogP contribution in [0.3, 0.4) is 0 Å². The number of halogens is 3. The Morgan fingerprint density at radius 3 is 2.16 bits per heavy atom. The molecular weight excluding hydrogens is 633 g/mol. The molecular formula is C31H36Cl3N3O5S. The number of benzene rings is 3. The number of ether oxygens (including phenoxy) is 1. The summed E-state index contributed by atoms with van der Waals surface area (Å²) in [5, 5.41) is 4.04. The van der Waals surface area contributed by atoms with Crippen molar-refractivity contribution in [3.63, 3.8) is 0 Å². The van der Waals surface area contributed by atoms with E-state index in [1.54, 1.807) is 56.3 Å². The molecule has 2 amide bonds. The highest BCUT2D eigenvalue weighted by atomic mass is 35.5. The van der Waals surface area contributed by atoms with Crippen LogP contribution in [0, 0.1) is 0 Å². The lowest BCUT2D eigenvalue weighted by molar-refractivity contribution is -0.140. The molecule has 12 heteroatoms. The van der Waals surface area contributed by atoms with Gasteiger partial charge >= 0.3 is 0 Å². The second-order valence-electron chi connectivity index (χ2n) is 9.87. The molecule has 0 saturated carbocycles. The Hall–Kier alpha value is -2.98. The Balaban J connectivity index is 2.13. The van der Waals surface area contributed by atoms with Crippen LogP contribution in [0.1, 0.15) is 46.1 Å². The molecule has 0 bridgehead atoms. The Labute approximate surface area is 268 Å². The average Bonchev–Trinajstić information content (AvgIpc) is 2.97. The number of hydrogen-bond donors (Lipinski definition) is 1. The first kappa shape index (κ1) is 34.5. The van der Waals surface area contributed by atoms with Crippen molar-refractivity contribution in [3.8, 4) is 5.75 Å². The number of carbonyl (C=O) groups is 2. The molecule has 232 valence electrons. The van der Waals surface area contributed by atoms with Crippen LogP contribution in [0.5, 0.6) is 5.75 Å². The molecule has 3 aromatic carbocycles. The molecule has 0 aliphatic heterocycles. The quantitative estimate of drug-likeness (QED) is 0.200. The molecule has 3 aromatic rings. The van der Waals surface area contributed by atoms with E-state index in [-0.39, 0.29) is 47.9 Å². The third-order valence-electron chi connectivity index (χ3n) is 6.86. The second-order valence-corrected chi connectivity index (χ2v) is 13.0. The summed E-state index contributed by atoms with van der Waals surface area (Å²) in [7, 11) is -4.30. The minimum Gasteiger partial charge on any atom is -0.492 e. The fourth-order valence-corrected chi connectivity index (χ4v) is 6.40. The maximum atomic E-state index is 14.3. The predicted molar refractivity (Wildman–Crippen MR) is 173 cm³/mol. The lowest BCUT2D eigenvalue weighted by Crippen LogP contribution is -2.53. The standard InChI is InChI=1S/C31H36Cl3N3O5S/c1-5-21(4)35-31(39)27(6-2)36(19-22-12-13-24(33)18-26(22)34)30(38)20-37(28-10-8-9-11-29(28)42-7-3)43(40,41)25-16-14-23(32)15-17-25/h8-18,21,27H,5-7,19-20H2,1-4H3,(H,35,39)/t21-,27-/m1/s1. The van der Waals surface area contributed by atoms with Gasteiger partial charge in [-0.15, -0.1) is 0 Å². The van der Waals surface area contributed by atoms with Crippen LogP contribution in [0.4, 0.5) is 5.69 Å². The van der Waals surface area contributed by atoms with Crippen molar-refractivity contribution in [3.05, 3.63) is 87.4 Å². The van der Waals surface area contributed by atoms with Crippen molar-refractivity contribution in [2.24, 2.45) is 0 Å². The van der Waals surface area contributed by atoms with Crippen molar-refractivity contribution in [1.29, 1.82) is 0 Å². The fraction of sp³-hybridized carbons (Fsp3) is 0.355. The Kier molecular flexibility index (Phi) is 12.6. The third kappa shape index (κ3) is 8.79. The molecule has 8 nitrogen and oxygen atoms in total. The summed E-state index contributed by atoms with van der Waals surface area (Å²) in [6.07, 6.45) is 0.971. The summed E-state index contributed by atoms with van der Waals surface area (Å²) < 4.78 is 35.0. The van der Waals surface area contributed by atoms with Gasteiger partial charge in [-0.3, -0.25) is 13.9 Å². The average molecular weight is 669 g/mol. The van der Waals surface area contributed by atoms with Gasteiger partial charge in [-0.2, -0.15) is 0 Å². The monoisotopic (exact) mass is 667 g/mol. The molecule has 0 aromatic heterocycles. The van der Waals surface area contributed by atoms with E-state index in [1.165, 1.54) is 29.2 Å². The number of sulfonamides is 1. The number of anilines is 1. The number of carbonyl (C=O) groups excluding carboxylic acids is 2. The first-order valence-electron chi connectivity index (χ1n) is 14.0. The number of amides is 2. The van der Waals surface area contributed by atoms with Crippen molar-refractivity contribution in [1.82, 2.24) is 10.2 Å². The molecule has 43 heavy (non-hydrogen) atoms. The lowest BCUT2D eigenvalue weighted by Gasteiger charge is -2.34. The third-order valence-corrected chi connectivity index (χ3v) is 9.47. The summed E-state index contributed by atoms with van der Waals surface area (Å²) in [5.41, 5.74) is 0.727. The van der Waals surface area contributed by atoms with Gasteiger partial charge in [0.2, 0.25) is 11.8 Å². The first-order chi connectivity index (χ1) is 20.4. The largest absolute Gasteiger partial charge is 0.492 e. The van der Waals surface area contributed by atoms with Crippen LogP contribution in [-0.4, -0.2) is 50.4 Å². The van der Waals surface area contributed by atoms with E-state index in [2.05, 4.69) is 5.32 Å². The summed E-state index contributed by atoms with van der Waals surface area (Å²) in [6, 6.07) is 16.1. The summed E-state index contributed by atoms with van der Waals surface area (Å²) in [5.74, 6) is -0.678. The topological polar surface area (TPSA) is 96.0 Å². The molecule has 0 aliphatic carbocycles. The summed E-state index contributed by atoms with van der Waals surface area (Å²) >= 11 is 18.6. The highest BCUT2D eigenvalue weighted by Gasteiger charge is 2.35. The zero-order valence-corrected chi connectivity index (χ0v) is 27.6. The van der Waals surface area contributed by atoms with Gasteiger partial charge in [0.1, 0.15) is 18.3 Å². The van der Waals surface area contributed by atoms with Crippen molar-refractivity contribution in [2.45, 2.75) is 64.1 Å².